The molecule has 0 heterocycles. The van der Waals surface area contributed by atoms with Gasteiger partial charge in [0.25, 0.3) is 0 Å². The largest absolute Gasteiger partial charge is 0.478 e. The predicted octanol–water partition coefficient (Wildman–Crippen LogP) is 3.81. The van der Waals surface area contributed by atoms with Crippen LogP contribution in [0, 0.1) is 11.6 Å². The van der Waals surface area contributed by atoms with Gasteiger partial charge in [0, 0.05) is 15.9 Å². The third-order valence-electron chi connectivity index (χ3n) is 2.20. The Morgan fingerprint density at radius 3 is 2.56 bits per heavy atom. The van der Waals surface area contributed by atoms with E-state index in [4.69, 9.17) is 5.11 Å². The second-order valence-corrected chi connectivity index (χ2v) is 4.63. The molecule has 0 aliphatic carbocycles. The van der Waals surface area contributed by atoms with E-state index in [1.807, 2.05) is 0 Å². The monoisotopic (exact) mass is 266 g/mol. The van der Waals surface area contributed by atoms with Crippen LogP contribution in [0.3, 0.4) is 0 Å². The average Bonchev–Trinajstić information content (AvgIpc) is 2.33. The van der Waals surface area contributed by atoms with Gasteiger partial charge in [0.2, 0.25) is 0 Å². The Labute approximate surface area is 106 Å². The zero-order valence-electron chi connectivity index (χ0n) is 9.06. The molecule has 0 spiro atoms. The Balaban J connectivity index is 2.28. The standard InChI is InChI=1S/C13H8F2O2S/c14-9-4-5-12(11(15)7-9)18-10-3-1-2-8(6-10)13(16)17/h1-7H,(H,16,17). The summed E-state index contributed by atoms with van der Waals surface area (Å²) in [6.45, 7) is 0. The Hall–Kier alpha value is -1.88. The predicted molar refractivity (Wildman–Crippen MR) is 63.9 cm³/mol. The van der Waals surface area contributed by atoms with Gasteiger partial charge in [-0.1, -0.05) is 17.8 Å². The molecule has 0 radical (unpaired) electrons. The van der Waals surface area contributed by atoms with Gasteiger partial charge in [-0.25, -0.2) is 13.6 Å². The minimum absolute atomic E-state index is 0.127. The SMILES string of the molecule is O=C(O)c1cccc(Sc2ccc(F)cc2F)c1. The number of hydrogen-bond donors (Lipinski definition) is 1. The highest BCUT2D eigenvalue weighted by Crippen LogP contribution is 2.30. The van der Waals surface area contributed by atoms with Crippen LogP contribution in [0.4, 0.5) is 8.78 Å². The molecule has 0 aliphatic rings. The van der Waals surface area contributed by atoms with Crippen molar-refractivity contribution in [1.29, 1.82) is 0 Å². The number of rotatable bonds is 3. The quantitative estimate of drug-likeness (QED) is 0.917. The van der Waals surface area contributed by atoms with Crippen molar-refractivity contribution in [1.82, 2.24) is 0 Å². The molecule has 0 saturated heterocycles. The molecule has 0 bridgehead atoms. The lowest BCUT2D eigenvalue weighted by Crippen LogP contribution is -1.95. The summed E-state index contributed by atoms with van der Waals surface area (Å²) < 4.78 is 26.1. The van der Waals surface area contributed by atoms with Gasteiger partial charge in [-0.2, -0.15) is 0 Å². The van der Waals surface area contributed by atoms with Crippen LogP contribution >= 0.6 is 11.8 Å². The molecule has 2 aromatic carbocycles. The molecule has 5 heteroatoms. The maximum atomic E-state index is 13.4. The van der Waals surface area contributed by atoms with E-state index in [1.165, 1.54) is 18.2 Å². The summed E-state index contributed by atoms with van der Waals surface area (Å²) in [5.41, 5.74) is 0.127. The topological polar surface area (TPSA) is 37.3 Å². The molecule has 2 rings (SSSR count). The van der Waals surface area contributed by atoms with Crippen LogP contribution in [0.5, 0.6) is 0 Å². The van der Waals surface area contributed by atoms with Crippen molar-refractivity contribution < 1.29 is 18.7 Å². The number of hydrogen-bond acceptors (Lipinski definition) is 2. The summed E-state index contributed by atoms with van der Waals surface area (Å²) in [6.07, 6.45) is 0. The normalized spacial score (nSPS) is 10.3. The number of carbonyl (C=O) groups is 1. The molecule has 0 atom stereocenters. The van der Waals surface area contributed by atoms with Crippen molar-refractivity contribution in [2.45, 2.75) is 9.79 Å². The lowest BCUT2D eigenvalue weighted by molar-refractivity contribution is 0.0696. The number of carboxylic acid groups (broad SMARTS) is 1. The summed E-state index contributed by atoms with van der Waals surface area (Å²) in [5, 5.41) is 8.83. The van der Waals surface area contributed by atoms with Crippen LogP contribution in [-0.4, -0.2) is 11.1 Å². The Morgan fingerprint density at radius 2 is 1.89 bits per heavy atom. The highest BCUT2D eigenvalue weighted by molar-refractivity contribution is 7.99. The van der Waals surface area contributed by atoms with Crippen molar-refractivity contribution in [3.63, 3.8) is 0 Å². The van der Waals surface area contributed by atoms with E-state index in [0.29, 0.717) is 4.90 Å². The van der Waals surface area contributed by atoms with E-state index in [-0.39, 0.29) is 10.5 Å². The summed E-state index contributed by atoms with van der Waals surface area (Å²) in [7, 11) is 0. The molecule has 2 aromatic rings. The van der Waals surface area contributed by atoms with Gasteiger partial charge < -0.3 is 5.11 Å². The first kappa shape index (κ1) is 12.6. The molecule has 0 saturated carbocycles. The minimum Gasteiger partial charge on any atom is -0.478 e. The van der Waals surface area contributed by atoms with Gasteiger partial charge in [0.05, 0.1) is 5.56 Å². The minimum atomic E-state index is -1.04. The van der Waals surface area contributed by atoms with Crippen molar-refractivity contribution in [2.24, 2.45) is 0 Å². The zero-order valence-corrected chi connectivity index (χ0v) is 9.88. The van der Waals surface area contributed by atoms with Gasteiger partial charge in [0.15, 0.2) is 0 Å². The van der Waals surface area contributed by atoms with E-state index in [1.54, 1.807) is 12.1 Å². The van der Waals surface area contributed by atoms with Gasteiger partial charge in [-0.15, -0.1) is 0 Å². The molecule has 0 unspecified atom stereocenters. The van der Waals surface area contributed by atoms with Gasteiger partial charge >= 0.3 is 5.97 Å². The fraction of sp³-hybridized carbons (Fsp3) is 0. The van der Waals surface area contributed by atoms with Gasteiger partial charge in [-0.3, -0.25) is 0 Å². The Bertz CT molecular complexity index is 599. The fourth-order valence-electron chi connectivity index (χ4n) is 1.38. The summed E-state index contributed by atoms with van der Waals surface area (Å²) >= 11 is 1.05. The molecule has 18 heavy (non-hydrogen) atoms. The second kappa shape index (κ2) is 5.18. The smallest absolute Gasteiger partial charge is 0.335 e. The van der Waals surface area contributed by atoms with Gasteiger partial charge in [-0.05, 0) is 30.3 Å². The van der Waals surface area contributed by atoms with Crippen molar-refractivity contribution in [3.8, 4) is 0 Å². The summed E-state index contributed by atoms with van der Waals surface area (Å²) in [5.74, 6) is -2.35. The summed E-state index contributed by atoms with van der Waals surface area (Å²) in [6, 6.07) is 9.41. The van der Waals surface area contributed by atoms with E-state index in [2.05, 4.69) is 0 Å². The van der Waals surface area contributed by atoms with Crippen LogP contribution in [0.25, 0.3) is 0 Å². The third-order valence-corrected chi connectivity index (χ3v) is 3.24. The lowest BCUT2D eigenvalue weighted by Gasteiger charge is -2.04. The Kier molecular flexibility index (Phi) is 3.62. The van der Waals surface area contributed by atoms with Crippen molar-refractivity contribution >= 4 is 17.7 Å². The highest BCUT2D eigenvalue weighted by atomic mass is 32.2. The van der Waals surface area contributed by atoms with E-state index < -0.39 is 17.6 Å². The van der Waals surface area contributed by atoms with Crippen LogP contribution in [0.1, 0.15) is 10.4 Å². The van der Waals surface area contributed by atoms with Crippen LogP contribution in [0.15, 0.2) is 52.3 Å². The van der Waals surface area contributed by atoms with Crippen molar-refractivity contribution in [3.05, 3.63) is 59.7 Å². The zero-order chi connectivity index (χ0) is 13.1. The first-order chi connectivity index (χ1) is 8.56. The molecule has 0 aliphatic heterocycles. The molecule has 1 N–H and O–H groups in total. The molecular weight excluding hydrogens is 258 g/mol. The van der Waals surface area contributed by atoms with Crippen molar-refractivity contribution in [2.75, 3.05) is 0 Å². The summed E-state index contributed by atoms with van der Waals surface area (Å²) in [4.78, 5) is 11.6. The Morgan fingerprint density at radius 1 is 1.11 bits per heavy atom. The van der Waals surface area contributed by atoms with Crippen LogP contribution in [0.2, 0.25) is 0 Å². The fourth-order valence-corrected chi connectivity index (χ4v) is 2.26. The molecule has 2 nitrogen and oxygen atoms in total. The first-order valence-electron chi connectivity index (χ1n) is 5.02. The second-order valence-electron chi connectivity index (χ2n) is 3.51. The lowest BCUT2D eigenvalue weighted by atomic mass is 10.2. The van der Waals surface area contributed by atoms with Crippen LogP contribution in [-0.2, 0) is 0 Å². The molecule has 0 fully saturated rings. The molecular formula is C13H8F2O2S. The number of carboxylic acids is 1. The van der Waals surface area contributed by atoms with E-state index >= 15 is 0 Å². The maximum absolute atomic E-state index is 13.4. The molecule has 0 aromatic heterocycles. The maximum Gasteiger partial charge on any atom is 0.335 e. The van der Waals surface area contributed by atoms with Gasteiger partial charge in [0.1, 0.15) is 11.6 Å². The number of halogens is 2. The average molecular weight is 266 g/mol. The highest BCUT2D eigenvalue weighted by Gasteiger charge is 2.08. The molecule has 0 amide bonds. The molecule has 92 valence electrons. The third kappa shape index (κ3) is 2.87. The first-order valence-corrected chi connectivity index (χ1v) is 5.84. The van der Waals surface area contributed by atoms with E-state index in [9.17, 15) is 13.6 Å². The number of benzene rings is 2. The van der Waals surface area contributed by atoms with Crippen LogP contribution < -0.4 is 0 Å². The van der Waals surface area contributed by atoms with E-state index in [0.717, 1.165) is 23.9 Å². The number of aromatic carboxylic acids is 1.